The molecule has 0 aromatic rings. The SMILES string of the molecule is C[C@@H](CCCO)[C@@H]1CC[C@@H]2[C@H]3C(=O)C=C4C[C@@H](O)CC[C@]4(C)[C@@H]3CC[C@@]21C. The molecule has 3 heteroatoms. The summed E-state index contributed by atoms with van der Waals surface area (Å²) in [5.74, 6) is 2.88. The van der Waals surface area contributed by atoms with Crippen LogP contribution in [0.15, 0.2) is 11.6 Å². The van der Waals surface area contributed by atoms with Gasteiger partial charge in [-0.05, 0) is 98.4 Å². The molecule has 0 spiro atoms. The Balaban J connectivity index is 1.62. The van der Waals surface area contributed by atoms with Gasteiger partial charge in [0.05, 0.1) is 6.10 Å². The van der Waals surface area contributed by atoms with Crippen molar-refractivity contribution in [2.75, 3.05) is 6.61 Å². The molecular formula is C24H38O3. The maximum atomic E-state index is 13.3. The first-order chi connectivity index (χ1) is 12.8. The van der Waals surface area contributed by atoms with Gasteiger partial charge in [0, 0.05) is 12.5 Å². The fraction of sp³-hybridized carbons (Fsp3) is 0.875. The lowest BCUT2D eigenvalue weighted by Gasteiger charge is -2.57. The van der Waals surface area contributed by atoms with Crippen LogP contribution in [0.25, 0.3) is 0 Å². The molecule has 4 aliphatic carbocycles. The first-order valence-electron chi connectivity index (χ1n) is 11.3. The van der Waals surface area contributed by atoms with Crippen LogP contribution in [0.4, 0.5) is 0 Å². The maximum Gasteiger partial charge on any atom is 0.159 e. The average Bonchev–Trinajstić information content (AvgIpc) is 2.98. The van der Waals surface area contributed by atoms with Gasteiger partial charge in [-0.1, -0.05) is 26.3 Å². The Morgan fingerprint density at radius 3 is 2.67 bits per heavy atom. The van der Waals surface area contributed by atoms with E-state index in [1.807, 2.05) is 6.08 Å². The predicted octanol–water partition coefficient (Wildman–Crippen LogP) is 4.51. The van der Waals surface area contributed by atoms with Crippen LogP contribution in [0.2, 0.25) is 0 Å². The van der Waals surface area contributed by atoms with Crippen LogP contribution in [0.5, 0.6) is 0 Å². The van der Waals surface area contributed by atoms with Gasteiger partial charge in [0.15, 0.2) is 5.78 Å². The van der Waals surface area contributed by atoms with Gasteiger partial charge in [-0.25, -0.2) is 0 Å². The molecule has 0 heterocycles. The van der Waals surface area contributed by atoms with Crippen LogP contribution in [-0.4, -0.2) is 28.7 Å². The van der Waals surface area contributed by atoms with Crippen molar-refractivity contribution in [2.24, 2.45) is 40.4 Å². The van der Waals surface area contributed by atoms with E-state index in [0.29, 0.717) is 35.9 Å². The molecule has 3 fully saturated rings. The Morgan fingerprint density at radius 1 is 1.15 bits per heavy atom. The number of allylic oxidation sites excluding steroid dienone is 1. The van der Waals surface area contributed by atoms with Crippen molar-refractivity contribution in [1.82, 2.24) is 0 Å². The van der Waals surface area contributed by atoms with Crippen molar-refractivity contribution in [3.63, 3.8) is 0 Å². The zero-order valence-electron chi connectivity index (χ0n) is 17.4. The molecule has 0 saturated heterocycles. The molecular weight excluding hydrogens is 336 g/mol. The number of carbonyl (C=O) groups is 1. The summed E-state index contributed by atoms with van der Waals surface area (Å²) in [7, 11) is 0. The van der Waals surface area contributed by atoms with Crippen molar-refractivity contribution in [2.45, 2.75) is 84.7 Å². The topological polar surface area (TPSA) is 57.5 Å². The van der Waals surface area contributed by atoms with Crippen LogP contribution in [0, 0.1) is 40.4 Å². The molecule has 8 atom stereocenters. The number of fused-ring (bicyclic) bond motifs is 5. The van der Waals surface area contributed by atoms with Gasteiger partial charge in [-0.3, -0.25) is 4.79 Å². The van der Waals surface area contributed by atoms with Crippen molar-refractivity contribution in [3.05, 3.63) is 11.6 Å². The van der Waals surface area contributed by atoms with E-state index >= 15 is 0 Å². The molecule has 0 aliphatic heterocycles. The van der Waals surface area contributed by atoms with Gasteiger partial charge in [0.1, 0.15) is 0 Å². The van der Waals surface area contributed by atoms with Crippen LogP contribution in [-0.2, 0) is 4.79 Å². The first-order valence-corrected chi connectivity index (χ1v) is 11.3. The number of carbonyl (C=O) groups excluding carboxylic acids is 1. The van der Waals surface area contributed by atoms with Crippen LogP contribution >= 0.6 is 0 Å². The molecule has 0 radical (unpaired) electrons. The second-order valence-electron chi connectivity index (χ2n) is 10.7. The number of hydrogen-bond acceptors (Lipinski definition) is 3. The minimum atomic E-state index is -0.259. The molecule has 2 N–H and O–H groups in total. The Kier molecular flexibility index (Phi) is 5.08. The molecule has 27 heavy (non-hydrogen) atoms. The molecule has 3 nitrogen and oxygen atoms in total. The minimum absolute atomic E-state index is 0.125. The lowest BCUT2D eigenvalue weighted by molar-refractivity contribution is -0.135. The van der Waals surface area contributed by atoms with Gasteiger partial charge in [-0.2, -0.15) is 0 Å². The number of ketones is 1. The summed E-state index contributed by atoms with van der Waals surface area (Å²) in [5.41, 5.74) is 1.64. The molecule has 4 rings (SSSR count). The molecule has 152 valence electrons. The van der Waals surface area contributed by atoms with Crippen molar-refractivity contribution in [3.8, 4) is 0 Å². The third-order valence-electron chi connectivity index (χ3n) is 9.50. The van der Waals surface area contributed by atoms with E-state index in [2.05, 4.69) is 20.8 Å². The Morgan fingerprint density at radius 2 is 1.93 bits per heavy atom. The monoisotopic (exact) mass is 374 g/mol. The van der Waals surface area contributed by atoms with Crippen molar-refractivity contribution in [1.29, 1.82) is 0 Å². The normalized spacial score (nSPS) is 47.7. The summed E-state index contributed by atoms with van der Waals surface area (Å²) in [5, 5.41) is 19.4. The molecule has 0 unspecified atom stereocenters. The summed E-state index contributed by atoms with van der Waals surface area (Å²) in [4.78, 5) is 13.3. The molecule has 4 aliphatic rings. The number of aliphatic hydroxyl groups is 2. The van der Waals surface area contributed by atoms with E-state index in [1.165, 1.54) is 24.8 Å². The van der Waals surface area contributed by atoms with E-state index in [9.17, 15) is 15.0 Å². The first kappa shape index (κ1) is 19.6. The summed E-state index contributed by atoms with van der Waals surface area (Å²) in [6.45, 7) is 7.51. The van der Waals surface area contributed by atoms with E-state index < -0.39 is 0 Å². The quantitative estimate of drug-likeness (QED) is 0.761. The maximum absolute atomic E-state index is 13.3. The summed E-state index contributed by atoms with van der Waals surface area (Å²) in [6.07, 6.45) is 11.2. The van der Waals surface area contributed by atoms with Gasteiger partial charge in [0.2, 0.25) is 0 Å². The molecule has 0 bridgehead atoms. The Labute approximate surface area is 164 Å². The molecule has 0 aromatic carbocycles. The van der Waals surface area contributed by atoms with Crippen LogP contribution in [0.1, 0.15) is 78.6 Å². The van der Waals surface area contributed by atoms with E-state index in [4.69, 9.17) is 0 Å². The number of aliphatic hydroxyl groups excluding tert-OH is 2. The highest BCUT2D eigenvalue weighted by Gasteiger charge is 2.61. The highest BCUT2D eigenvalue weighted by atomic mass is 16.3. The van der Waals surface area contributed by atoms with E-state index in [1.54, 1.807) is 0 Å². The molecule has 3 saturated carbocycles. The summed E-state index contributed by atoms with van der Waals surface area (Å²) in [6, 6.07) is 0. The Bertz CT molecular complexity index is 625. The highest BCUT2D eigenvalue weighted by Crippen LogP contribution is 2.66. The van der Waals surface area contributed by atoms with E-state index in [0.717, 1.165) is 32.1 Å². The van der Waals surface area contributed by atoms with E-state index in [-0.39, 0.29) is 29.5 Å². The van der Waals surface area contributed by atoms with Gasteiger partial charge < -0.3 is 10.2 Å². The zero-order chi connectivity index (χ0) is 19.4. The minimum Gasteiger partial charge on any atom is -0.396 e. The van der Waals surface area contributed by atoms with Crippen LogP contribution in [0.3, 0.4) is 0 Å². The summed E-state index contributed by atoms with van der Waals surface area (Å²) < 4.78 is 0. The van der Waals surface area contributed by atoms with Crippen molar-refractivity contribution >= 4 is 5.78 Å². The fourth-order valence-corrected chi connectivity index (χ4v) is 7.97. The smallest absolute Gasteiger partial charge is 0.159 e. The second kappa shape index (κ2) is 6.99. The highest BCUT2D eigenvalue weighted by molar-refractivity contribution is 5.94. The fourth-order valence-electron chi connectivity index (χ4n) is 7.97. The lowest BCUT2D eigenvalue weighted by Crippen LogP contribution is -2.53. The third kappa shape index (κ3) is 2.95. The largest absolute Gasteiger partial charge is 0.396 e. The van der Waals surface area contributed by atoms with Gasteiger partial charge in [-0.15, -0.1) is 0 Å². The molecule has 0 amide bonds. The number of rotatable bonds is 4. The lowest BCUT2D eigenvalue weighted by atomic mass is 9.46. The summed E-state index contributed by atoms with van der Waals surface area (Å²) >= 11 is 0. The molecule has 0 aromatic heterocycles. The standard InChI is InChI=1S/C24H38O3/c1-15(5-4-12-25)18-6-7-19-22-20(9-11-24(18,19)3)23(2)10-8-17(26)13-16(23)14-21(22)27/h14-15,17-20,22,25-26H,4-13H2,1-3H3/t15-,17-,18-,19+,20+,22+,23-,24+/m0/s1. The van der Waals surface area contributed by atoms with Crippen molar-refractivity contribution < 1.29 is 15.0 Å². The van der Waals surface area contributed by atoms with Gasteiger partial charge in [0.25, 0.3) is 0 Å². The predicted molar refractivity (Wildman–Crippen MR) is 107 cm³/mol. The third-order valence-corrected chi connectivity index (χ3v) is 9.50. The number of hydrogen-bond donors (Lipinski definition) is 2. The van der Waals surface area contributed by atoms with Crippen LogP contribution < -0.4 is 0 Å². The van der Waals surface area contributed by atoms with Gasteiger partial charge >= 0.3 is 0 Å². The second-order valence-corrected chi connectivity index (χ2v) is 10.7. The Hall–Kier alpha value is -0.670. The zero-order valence-corrected chi connectivity index (χ0v) is 17.4. The average molecular weight is 375 g/mol.